The van der Waals surface area contributed by atoms with Gasteiger partial charge in [0.15, 0.2) is 0 Å². The monoisotopic (exact) mass is 343 g/mol. The van der Waals surface area contributed by atoms with Crippen LogP contribution in [0.3, 0.4) is 0 Å². The highest BCUT2D eigenvalue weighted by Gasteiger charge is 2.25. The summed E-state index contributed by atoms with van der Waals surface area (Å²) in [5, 5.41) is 1.21. The zero-order valence-electron chi connectivity index (χ0n) is 14.1. The summed E-state index contributed by atoms with van der Waals surface area (Å²) in [6.45, 7) is 5.10. The molecule has 0 radical (unpaired) electrons. The predicted molar refractivity (Wildman–Crippen MR) is 98.1 cm³/mol. The Balaban J connectivity index is 1.27. The van der Waals surface area contributed by atoms with Gasteiger partial charge in [0.25, 0.3) is 0 Å². The molecule has 3 heterocycles. The predicted octanol–water partition coefficient (Wildman–Crippen LogP) is 3.52. The van der Waals surface area contributed by atoms with E-state index in [4.69, 9.17) is 4.98 Å². The standard InChI is InChI=1S/C19H25N3OS/c23-19(22-9-3-4-10-22)13-15-7-11-21(12-8-15)14-18-20-16-5-1-2-6-17(16)24-18/h1-2,5-6,15H,3-4,7-14H2. The lowest BCUT2D eigenvalue weighted by Gasteiger charge is -2.31. The Hall–Kier alpha value is -1.46. The summed E-state index contributed by atoms with van der Waals surface area (Å²) in [6.07, 6.45) is 5.42. The normalized spacial score (nSPS) is 20.1. The van der Waals surface area contributed by atoms with Crippen molar-refractivity contribution in [2.75, 3.05) is 26.2 Å². The molecule has 0 N–H and O–H groups in total. The molecule has 0 spiro atoms. The van der Waals surface area contributed by atoms with E-state index < -0.39 is 0 Å². The second-order valence-corrected chi connectivity index (χ2v) is 8.20. The van der Waals surface area contributed by atoms with Gasteiger partial charge >= 0.3 is 0 Å². The summed E-state index contributed by atoms with van der Waals surface area (Å²) in [5.41, 5.74) is 1.11. The number of carbonyl (C=O) groups excluding carboxylic acids is 1. The van der Waals surface area contributed by atoms with E-state index in [1.807, 2.05) is 0 Å². The van der Waals surface area contributed by atoms with Gasteiger partial charge in [0.2, 0.25) is 5.91 Å². The fourth-order valence-electron chi connectivity index (χ4n) is 3.87. The van der Waals surface area contributed by atoms with Gasteiger partial charge in [-0.15, -0.1) is 11.3 Å². The van der Waals surface area contributed by atoms with Crippen LogP contribution < -0.4 is 0 Å². The summed E-state index contributed by atoms with van der Waals surface area (Å²) in [7, 11) is 0. The van der Waals surface area contributed by atoms with Gasteiger partial charge < -0.3 is 4.90 Å². The number of para-hydroxylation sites is 1. The first-order valence-corrected chi connectivity index (χ1v) is 9.94. The first-order valence-electron chi connectivity index (χ1n) is 9.12. The average Bonchev–Trinajstić information content (AvgIpc) is 3.25. The molecule has 0 atom stereocenters. The Bertz CT molecular complexity index is 666. The molecule has 0 unspecified atom stereocenters. The number of hydrogen-bond donors (Lipinski definition) is 0. The molecule has 0 saturated carbocycles. The summed E-state index contributed by atoms with van der Waals surface area (Å²) in [6, 6.07) is 8.36. The minimum Gasteiger partial charge on any atom is -0.343 e. The number of nitrogens with zero attached hydrogens (tertiary/aromatic N) is 3. The van der Waals surface area contributed by atoms with Crippen molar-refractivity contribution in [2.24, 2.45) is 5.92 Å². The lowest BCUT2D eigenvalue weighted by Crippen LogP contribution is -2.36. The fraction of sp³-hybridized carbons (Fsp3) is 0.579. The van der Waals surface area contributed by atoms with Crippen LogP contribution in [0.25, 0.3) is 10.2 Å². The Morgan fingerprint density at radius 1 is 1.12 bits per heavy atom. The van der Waals surface area contributed by atoms with Crippen LogP contribution in [0.15, 0.2) is 24.3 Å². The maximum absolute atomic E-state index is 12.3. The van der Waals surface area contributed by atoms with Gasteiger partial charge in [-0.3, -0.25) is 9.69 Å². The van der Waals surface area contributed by atoms with Crippen molar-refractivity contribution in [3.63, 3.8) is 0 Å². The molecular formula is C19H25N3OS. The fourth-order valence-corrected chi connectivity index (χ4v) is 4.88. The highest BCUT2D eigenvalue weighted by atomic mass is 32.1. The number of benzene rings is 1. The lowest BCUT2D eigenvalue weighted by molar-refractivity contribution is -0.131. The van der Waals surface area contributed by atoms with Crippen LogP contribution in [0, 0.1) is 5.92 Å². The number of likely N-dealkylation sites (tertiary alicyclic amines) is 2. The van der Waals surface area contributed by atoms with E-state index in [-0.39, 0.29) is 0 Å². The molecule has 0 bridgehead atoms. The van der Waals surface area contributed by atoms with Crippen LogP contribution in [0.1, 0.15) is 37.1 Å². The SMILES string of the molecule is O=C(CC1CCN(Cc2nc3ccccc3s2)CC1)N1CCCC1. The van der Waals surface area contributed by atoms with Crippen LogP contribution in [-0.2, 0) is 11.3 Å². The van der Waals surface area contributed by atoms with Gasteiger partial charge in [0.1, 0.15) is 5.01 Å². The number of aromatic nitrogens is 1. The Morgan fingerprint density at radius 2 is 1.88 bits per heavy atom. The summed E-state index contributed by atoms with van der Waals surface area (Å²) in [5.74, 6) is 0.960. The third-order valence-corrected chi connectivity index (χ3v) is 6.35. The molecule has 2 aliphatic heterocycles. The maximum atomic E-state index is 12.3. The van der Waals surface area contributed by atoms with Crippen molar-refractivity contribution >= 4 is 27.5 Å². The van der Waals surface area contributed by atoms with Crippen LogP contribution in [0.2, 0.25) is 0 Å². The van der Waals surface area contributed by atoms with Gasteiger partial charge in [-0.1, -0.05) is 12.1 Å². The van der Waals surface area contributed by atoms with Crippen LogP contribution in [0.4, 0.5) is 0 Å². The van der Waals surface area contributed by atoms with E-state index in [1.165, 1.54) is 22.5 Å². The third-order valence-electron chi connectivity index (χ3n) is 5.33. The van der Waals surface area contributed by atoms with E-state index in [2.05, 4.69) is 34.1 Å². The third kappa shape index (κ3) is 3.62. The average molecular weight is 343 g/mol. The molecule has 1 amide bonds. The molecule has 24 heavy (non-hydrogen) atoms. The van der Waals surface area contributed by atoms with Crippen molar-refractivity contribution in [3.05, 3.63) is 29.3 Å². The molecule has 1 aromatic carbocycles. The van der Waals surface area contributed by atoms with E-state index in [9.17, 15) is 4.79 Å². The second kappa shape index (κ2) is 7.19. The van der Waals surface area contributed by atoms with Crippen molar-refractivity contribution in [3.8, 4) is 0 Å². The molecule has 2 aliphatic rings. The summed E-state index contributed by atoms with van der Waals surface area (Å²) >= 11 is 1.81. The molecule has 1 aromatic heterocycles. The number of carbonyl (C=O) groups is 1. The number of fused-ring (bicyclic) bond motifs is 1. The molecule has 2 aromatic rings. The topological polar surface area (TPSA) is 36.4 Å². The van der Waals surface area contributed by atoms with Gasteiger partial charge in [-0.2, -0.15) is 0 Å². The number of thiazole rings is 1. The summed E-state index contributed by atoms with van der Waals surface area (Å²) < 4.78 is 1.28. The quantitative estimate of drug-likeness (QED) is 0.852. The van der Waals surface area contributed by atoms with Crippen LogP contribution in [0.5, 0.6) is 0 Å². The maximum Gasteiger partial charge on any atom is 0.222 e. The largest absolute Gasteiger partial charge is 0.343 e. The van der Waals surface area contributed by atoms with E-state index in [0.717, 1.165) is 57.5 Å². The Labute approximate surface area is 147 Å². The number of rotatable bonds is 4. The number of hydrogen-bond acceptors (Lipinski definition) is 4. The highest BCUT2D eigenvalue weighted by molar-refractivity contribution is 7.18. The van der Waals surface area contributed by atoms with Crippen LogP contribution >= 0.6 is 11.3 Å². The second-order valence-electron chi connectivity index (χ2n) is 7.09. The van der Waals surface area contributed by atoms with Gasteiger partial charge in [-0.25, -0.2) is 4.98 Å². The molecule has 2 fully saturated rings. The first-order chi connectivity index (χ1) is 11.8. The molecule has 0 aliphatic carbocycles. The van der Waals surface area contributed by atoms with E-state index >= 15 is 0 Å². The van der Waals surface area contributed by atoms with Crippen molar-refractivity contribution in [1.29, 1.82) is 0 Å². The van der Waals surface area contributed by atoms with E-state index in [1.54, 1.807) is 11.3 Å². The zero-order valence-corrected chi connectivity index (χ0v) is 14.9. The molecule has 2 saturated heterocycles. The van der Waals surface area contributed by atoms with E-state index in [0.29, 0.717) is 11.8 Å². The first kappa shape index (κ1) is 16.0. The van der Waals surface area contributed by atoms with Crippen molar-refractivity contribution < 1.29 is 4.79 Å². The van der Waals surface area contributed by atoms with Gasteiger partial charge in [0.05, 0.1) is 16.8 Å². The molecule has 4 rings (SSSR count). The van der Waals surface area contributed by atoms with Crippen molar-refractivity contribution in [2.45, 2.75) is 38.6 Å². The van der Waals surface area contributed by atoms with Crippen molar-refractivity contribution in [1.82, 2.24) is 14.8 Å². The molecule has 4 nitrogen and oxygen atoms in total. The minimum absolute atomic E-state index is 0.386. The Morgan fingerprint density at radius 3 is 2.62 bits per heavy atom. The van der Waals surface area contributed by atoms with Crippen LogP contribution in [-0.4, -0.2) is 46.9 Å². The Kier molecular flexibility index (Phi) is 4.81. The highest BCUT2D eigenvalue weighted by Crippen LogP contribution is 2.26. The summed E-state index contributed by atoms with van der Waals surface area (Å²) in [4.78, 5) is 21.6. The number of piperidine rings is 1. The zero-order chi connectivity index (χ0) is 16.4. The molecular weight excluding hydrogens is 318 g/mol. The van der Waals surface area contributed by atoms with Gasteiger partial charge in [0, 0.05) is 19.5 Å². The molecule has 5 heteroatoms. The smallest absolute Gasteiger partial charge is 0.222 e. The molecule has 128 valence electrons. The number of amides is 1. The van der Waals surface area contributed by atoms with Gasteiger partial charge in [-0.05, 0) is 56.8 Å². The lowest BCUT2D eigenvalue weighted by atomic mass is 9.93. The minimum atomic E-state index is 0.386.